The summed E-state index contributed by atoms with van der Waals surface area (Å²) < 4.78 is 18.1. The summed E-state index contributed by atoms with van der Waals surface area (Å²) in [7, 11) is 0. The number of esters is 1. The summed E-state index contributed by atoms with van der Waals surface area (Å²) in [5, 5.41) is 3.31. The predicted octanol–water partition coefficient (Wildman–Crippen LogP) is 2.65. The fraction of sp³-hybridized carbons (Fsp3) is 0.533. The topological polar surface area (TPSA) is 38.3 Å². The fourth-order valence-corrected chi connectivity index (χ4v) is 1.68. The van der Waals surface area contributed by atoms with Crippen LogP contribution in [0.1, 0.15) is 32.3 Å². The molecule has 0 aliphatic heterocycles. The van der Waals surface area contributed by atoms with E-state index < -0.39 is 0 Å². The molecule has 19 heavy (non-hydrogen) atoms. The largest absolute Gasteiger partial charge is 0.464 e. The smallest absolute Gasteiger partial charge is 0.308 e. The molecule has 0 radical (unpaired) electrons. The molecule has 0 atom stereocenters. The highest BCUT2D eigenvalue weighted by atomic mass is 19.1. The Labute approximate surface area is 113 Å². The van der Waals surface area contributed by atoms with Crippen LogP contribution in [-0.4, -0.2) is 18.1 Å². The maximum absolute atomic E-state index is 12.8. The normalized spacial score (nSPS) is 15.3. The monoisotopic (exact) mass is 265 g/mol. The number of ether oxygens (including phenoxy) is 1. The molecule has 0 unspecified atom stereocenters. The summed E-state index contributed by atoms with van der Waals surface area (Å²) >= 11 is 0. The molecule has 1 aliphatic rings. The van der Waals surface area contributed by atoms with Crippen LogP contribution < -0.4 is 5.32 Å². The molecule has 1 aromatic rings. The van der Waals surface area contributed by atoms with Crippen LogP contribution in [0.3, 0.4) is 0 Å². The van der Waals surface area contributed by atoms with E-state index in [-0.39, 0.29) is 23.2 Å². The average molecular weight is 265 g/mol. The minimum atomic E-state index is -0.293. The standard InChI is InChI=1S/C15H20FNO2/c1-15(2,10-19-14(18)12-5-6-12)17-9-11-3-7-13(16)8-4-11/h3-4,7-8,12,17H,5-6,9-10H2,1-2H3. The lowest BCUT2D eigenvalue weighted by Crippen LogP contribution is -2.43. The summed E-state index contributed by atoms with van der Waals surface area (Å²) in [6.07, 6.45) is 1.92. The molecule has 1 N–H and O–H groups in total. The van der Waals surface area contributed by atoms with Crippen molar-refractivity contribution in [1.29, 1.82) is 0 Å². The van der Waals surface area contributed by atoms with E-state index >= 15 is 0 Å². The highest BCUT2D eigenvalue weighted by molar-refractivity contribution is 5.74. The van der Waals surface area contributed by atoms with Gasteiger partial charge in [-0.2, -0.15) is 0 Å². The highest BCUT2D eigenvalue weighted by Gasteiger charge is 2.32. The second kappa shape index (κ2) is 5.70. The van der Waals surface area contributed by atoms with Crippen LogP contribution in [0.25, 0.3) is 0 Å². The summed E-state index contributed by atoms with van der Waals surface area (Å²) in [4.78, 5) is 11.5. The van der Waals surface area contributed by atoms with Crippen LogP contribution in [0.5, 0.6) is 0 Å². The molecular formula is C15H20FNO2. The minimum absolute atomic E-state index is 0.0864. The number of hydrogen-bond acceptors (Lipinski definition) is 3. The molecule has 1 aliphatic carbocycles. The molecule has 0 saturated heterocycles. The van der Waals surface area contributed by atoms with E-state index in [4.69, 9.17) is 4.74 Å². The van der Waals surface area contributed by atoms with Crippen molar-refractivity contribution in [3.05, 3.63) is 35.6 Å². The van der Waals surface area contributed by atoms with Gasteiger partial charge in [0.25, 0.3) is 0 Å². The Morgan fingerprint density at radius 3 is 2.58 bits per heavy atom. The van der Waals surface area contributed by atoms with E-state index in [1.54, 1.807) is 12.1 Å². The van der Waals surface area contributed by atoms with E-state index in [2.05, 4.69) is 5.32 Å². The molecule has 0 heterocycles. The third kappa shape index (κ3) is 4.63. The fourth-order valence-electron chi connectivity index (χ4n) is 1.68. The molecule has 0 aromatic heterocycles. The zero-order valence-electron chi connectivity index (χ0n) is 11.4. The van der Waals surface area contributed by atoms with Gasteiger partial charge >= 0.3 is 5.97 Å². The quantitative estimate of drug-likeness (QED) is 0.804. The number of hydrogen-bond donors (Lipinski definition) is 1. The molecule has 0 spiro atoms. The van der Waals surface area contributed by atoms with Gasteiger partial charge in [0.15, 0.2) is 0 Å². The van der Waals surface area contributed by atoms with Crippen molar-refractivity contribution in [2.75, 3.05) is 6.61 Å². The number of rotatable bonds is 6. The van der Waals surface area contributed by atoms with Crippen LogP contribution in [0, 0.1) is 11.7 Å². The molecule has 1 fully saturated rings. The zero-order valence-corrected chi connectivity index (χ0v) is 11.4. The summed E-state index contributed by atoms with van der Waals surface area (Å²) in [5.41, 5.74) is 0.710. The van der Waals surface area contributed by atoms with Crippen LogP contribution in [0.2, 0.25) is 0 Å². The number of halogens is 1. The van der Waals surface area contributed by atoms with Crippen LogP contribution in [0.15, 0.2) is 24.3 Å². The maximum Gasteiger partial charge on any atom is 0.308 e. The van der Waals surface area contributed by atoms with Gasteiger partial charge in [0.05, 0.1) is 5.92 Å². The number of nitrogens with one attached hydrogen (secondary N) is 1. The third-order valence-corrected chi connectivity index (χ3v) is 3.17. The van der Waals surface area contributed by atoms with Gasteiger partial charge in [0, 0.05) is 12.1 Å². The van der Waals surface area contributed by atoms with Crippen molar-refractivity contribution in [3.8, 4) is 0 Å². The van der Waals surface area contributed by atoms with E-state index in [1.807, 2.05) is 13.8 Å². The van der Waals surface area contributed by atoms with Crippen molar-refractivity contribution in [2.45, 2.75) is 38.8 Å². The lowest BCUT2D eigenvalue weighted by molar-refractivity contribution is -0.147. The van der Waals surface area contributed by atoms with Crippen molar-refractivity contribution in [2.24, 2.45) is 5.92 Å². The second-order valence-electron chi connectivity index (χ2n) is 5.75. The third-order valence-electron chi connectivity index (χ3n) is 3.17. The van der Waals surface area contributed by atoms with E-state index in [9.17, 15) is 9.18 Å². The SMILES string of the molecule is CC(C)(COC(=O)C1CC1)NCc1ccc(F)cc1. The van der Waals surface area contributed by atoms with Crippen LogP contribution in [0.4, 0.5) is 4.39 Å². The van der Waals surface area contributed by atoms with Crippen LogP contribution in [-0.2, 0) is 16.1 Å². The first-order valence-corrected chi connectivity index (χ1v) is 6.62. The van der Waals surface area contributed by atoms with Crippen molar-refractivity contribution < 1.29 is 13.9 Å². The van der Waals surface area contributed by atoms with Gasteiger partial charge in [-0.05, 0) is 44.4 Å². The Morgan fingerprint density at radius 2 is 2.00 bits per heavy atom. The minimum Gasteiger partial charge on any atom is -0.464 e. The molecule has 4 heteroatoms. The Kier molecular flexibility index (Phi) is 4.20. The maximum atomic E-state index is 12.8. The molecule has 0 amide bonds. The first kappa shape index (κ1) is 14.0. The van der Waals surface area contributed by atoms with Crippen molar-refractivity contribution >= 4 is 5.97 Å². The number of carbonyl (C=O) groups excluding carboxylic acids is 1. The molecule has 1 saturated carbocycles. The number of carbonyl (C=O) groups is 1. The Morgan fingerprint density at radius 1 is 1.37 bits per heavy atom. The first-order valence-electron chi connectivity index (χ1n) is 6.62. The lowest BCUT2D eigenvalue weighted by atomic mass is 10.1. The first-order chi connectivity index (χ1) is 8.96. The average Bonchev–Trinajstić information content (AvgIpc) is 3.20. The van der Waals surface area contributed by atoms with Gasteiger partial charge in [-0.1, -0.05) is 12.1 Å². The Balaban J connectivity index is 1.76. The van der Waals surface area contributed by atoms with Gasteiger partial charge in [0.1, 0.15) is 12.4 Å². The van der Waals surface area contributed by atoms with Crippen molar-refractivity contribution in [3.63, 3.8) is 0 Å². The van der Waals surface area contributed by atoms with Gasteiger partial charge < -0.3 is 10.1 Å². The van der Waals surface area contributed by atoms with Gasteiger partial charge in [-0.15, -0.1) is 0 Å². The van der Waals surface area contributed by atoms with Gasteiger partial charge in [0.2, 0.25) is 0 Å². The van der Waals surface area contributed by atoms with E-state index in [0.717, 1.165) is 18.4 Å². The molecule has 3 nitrogen and oxygen atoms in total. The van der Waals surface area contributed by atoms with Crippen molar-refractivity contribution in [1.82, 2.24) is 5.32 Å². The molecule has 0 bridgehead atoms. The summed E-state index contributed by atoms with van der Waals surface area (Å²) in [6.45, 7) is 4.94. The predicted molar refractivity (Wildman–Crippen MR) is 71.0 cm³/mol. The molecule has 1 aromatic carbocycles. The summed E-state index contributed by atoms with van der Waals surface area (Å²) in [5.74, 6) is -0.189. The summed E-state index contributed by atoms with van der Waals surface area (Å²) in [6, 6.07) is 6.37. The van der Waals surface area contributed by atoms with Gasteiger partial charge in [-0.25, -0.2) is 4.39 Å². The van der Waals surface area contributed by atoms with E-state index in [1.165, 1.54) is 12.1 Å². The Bertz CT molecular complexity index is 438. The highest BCUT2D eigenvalue weighted by Crippen LogP contribution is 2.30. The van der Waals surface area contributed by atoms with Crippen LogP contribution >= 0.6 is 0 Å². The molecule has 104 valence electrons. The van der Waals surface area contributed by atoms with Gasteiger partial charge in [-0.3, -0.25) is 4.79 Å². The second-order valence-corrected chi connectivity index (χ2v) is 5.75. The lowest BCUT2D eigenvalue weighted by Gasteiger charge is -2.26. The molecule has 2 rings (SSSR count). The number of benzene rings is 1. The Hall–Kier alpha value is -1.42. The van der Waals surface area contributed by atoms with E-state index in [0.29, 0.717) is 13.2 Å². The molecular weight excluding hydrogens is 245 g/mol. The zero-order chi connectivity index (χ0) is 13.9.